The molecule has 1 aromatic carbocycles. The van der Waals surface area contributed by atoms with E-state index in [1.165, 1.54) is 5.56 Å². The molecular weight excluding hydrogens is 302 g/mol. The Hall–Kier alpha value is -1.63. The summed E-state index contributed by atoms with van der Waals surface area (Å²) in [4.78, 5) is 14.1. The van der Waals surface area contributed by atoms with E-state index in [0.717, 1.165) is 44.7 Å². The van der Waals surface area contributed by atoms with Gasteiger partial charge in [-0.15, -0.1) is 0 Å². The first-order valence-corrected chi connectivity index (χ1v) is 8.93. The van der Waals surface area contributed by atoms with Gasteiger partial charge in [0.25, 0.3) is 0 Å². The van der Waals surface area contributed by atoms with E-state index in [1.807, 2.05) is 12.1 Å². The molecule has 3 rings (SSSR count). The van der Waals surface area contributed by atoms with E-state index in [1.54, 1.807) is 0 Å². The number of hydrogen-bond donors (Lipinski definition) is 4. The molecule has 1 aliphatic heterocycles. The van der Waals surface area contributed by atoms with Crippen molar-refractivity contribution in [2.75, 3.05) is 38.5 Å². The molecule has 1 aliphatic carbocycles. The first-order chi connectivity index (χ1) is 11.6. The molecule has 1 saturated carbocycles. The van der Waals surface area contributed by atoms with Crippen LogP contribution < -0.4 is 21.3 Å². The van der Waals surface area contributed by atoms with Crippen molar-refractivity contribution in [3.05, 3.63) is 29.8 Å². The van der Waals surface area contributed by atoms with Gasteiger partial charge in [-0.2, -0.15) is 0 Å². The van der Waals surface area contributed by atoms with Crippen LogP contribution in [0.3, 0.4) is 0 Å². The molecule has 2 fully saturated rings. The molecule has 6 nitrogen and oxygen atoms in total. The fraction of sp³-hybridized carbons (Fsp3) is 0.611. The number of piperazine rings is 1. The van der Waals surface area contributed by atoms with Crippen LogP contribution in [-0.4, -0.2) is 56.2 Å². The molecule has 2 atom stereocenters. The highest BCUT2D eigenvalue weighted by molar-refractivity contribution is 5.89. The van der Waals surface area contributed by atoms with Gasteiger partial charge in [-0.25, -0.2) is 4.79 Å². The van der Waals surface area contributed by atoms with Crippen molar-refractivity contribution < 1.29 is 4.79 Å². The smallest absolute Gasteiger partial charge is 0.319 e. The van der Waals surface area contributed by atoms with Crippen LogP contribution in [-0.2, 0) is 0 Å². The standard InChI is InChI=1S/C18H29N5O/c1-13(20-11-17-12-23(2)10-9-19-17)14-3-5-15(6-4-14)21-18(24)22-16-7-8-16/h3-6,13,16-17,19-20H,7-12H2,1-2H3,(H2,21,22,24). The number of hydrogen-bond acceptors (Lipinski definition) is 4. The first-order valence-electron chi connectivity index (χ1n) is 8.93. The van der Waals surface area contributed by atoms with Crippen molar-refractivity contribution in [3.8, 4) is 0 Å². The quantitative estimate of drug-likeness (QED) is 0.638. The number of anilines is 1. The molecule has 1 aromatic rings. The minimum Gasteiger partial charge on any atom is -0.335 e. The lowest BCUT2D eigenvalue weighted by Gasteiger charge is -2.31. The molecule has 1 saturated heterocycles. The number of urea groups is 1. The zero-order valence-corrected chi connectivity index (χ0v) is 14.6. The fourth-order valence-corrected chi connectivity index (χ4v) is 3.00. The summed E-state index contributed by atoms with van der Waals surface area (Å²) in [6.07, 6.45) is 2.20. The van der Waals surface area contributed by atoms with E-state index < -0.39 is 0 Å². The van der Waals surface area contributed by atoms with Crippen molar-refractivity contribution in [2.24, 2.45) is 0 Å². The molecule has 2 aliphatic rings. The van der Waals surface area contributed by atoms with Gasteiger partial charge in [0.15, 0.2) is 0 Å². The van der Waals surface area contributed by atoms with E-state index in [-0.39, 0.29) is 12.1 Å². The monoisotopic (exact) mass is 331 g/mol. The average molecular weight is 331 g/mol. The van der Waals surface area contributed by atoms with Gasteiger partial charge in [0.05, 0.1) is 0 Å². The molecule has 4 N–H and O–H groups in total. The first kappa shape index (κ1) is 17.2. The van der Waals surface area contributed by atoms with Gasteiger partial charge in [0, 0.05) is 50.0 Å². The molecule has 132 valence electrons. The Bertz CT molecular complexity index is 543. The van der Waals surface area contributed by atoms with E-state index >= 15 is 0 Å². The predicted molar refractivity (Wildman–Crippen MR) is 97.3 cm³/mol. The SMILES string of the molecule is CC(NCC1CN(C)CCN1)c1ccc(NC(=O)NC2CC2)cc1. The Labute approximate surface area is 144 Å². The summed E-state index contributed by atoms with van der Waals surface area (Å²) in [7, 11) is 2.17. The van der Waals surface area contributed by atoms with Gasteiger partial charge in [-0.1, -0.05) is 12.1 Å². The van der Waals surface area contributed by atoms with Crippen LogP contribution in [0.4, 0.5) is 10.5 Å². The second-order valence-electron chi connectivity index (χ2n) is 7.04. The van der Waals surface area contributed by atoms with Gasteiger partial charge in [-0.3, -0.25) is 0 Å². The predicted octanol–water partition coefficient (Wildman–Crippen LogP) is 1.52. The maximum absolute atomic E-state index is 11.7. The molecule has 2 amide bonds. The summed E-state index contributed by atoms with van der Waals surface area (Å²) < 4.78 is 0. The molecule has 0 spiro atoms. The third-order valence-electron chi connectivity index (χ3n) is 4.71. The van der Waals surface area contributed by atoms with Gasteiger partial charge in [0.1, 0.15) is 0 Å². The highest BCUT2D eigenvalue weighted by Crippen LogP contribution is 2.19. The Morgan fingerprint density at radius 3 is 2.75 bits per heavy atom. The maximum Gasteiger partial charge on any atom is 0.319 e. The Balaban J connectivity index is 1.44. The highest BCUT2D eigenvalue weighted by atomic mass is 16.2. The van der Waals surface area contributed by atoms with Gasteiger partial charge in [-0.05, 0) is 44.5 Å². The van der Waals surface area contributed by atoms with Gasteiger partial charge in [0.2, 0.25) is 0 Å². The number of carbonyl (C=O) groups is 1. The lowest BCUT2D eigenvalue weighted by molar-refractivity contribution is 0.232. The number of likely N-dealkylation sites (N-methyl/N-ethyl adjacent to an activating group) is 1. The zero-order valence-electron chi connectivity index (χ0n) is 14.6. The number of amides is 2. The van der Waals surface area contributed by atoms with Crippen molar-refractivity contribution in [1.82, 2.24) is 20.9 Å². The van der Waals surface area contributed by atoms with Gasteiger partial charge >= 0.3 is 6.03 Å². The fourth-order valence-electron chi connectivity index (χ4n) is 3.00. The summed E-state index contributed by atoms with van der Waals surface area (Å²) in [5, 5.41) is 13.0. The largest absolute Gasteiger partial charge is 0.335 e. The minimum atomic E-state index is -0.107. The van der Waals surface area contributed by atoms with E-state index in [2.05, 4.69) is 52.3 Å². The zero-order chi connectivity index (χ0) is 16.9. The lowest BCUT2D eigenvalue weighted by atomic mass is 10.1. The molecule has 1 heterocycles. The number of nitrogens with zero attached hydrogens (tertiary/aromatic N) is 1. The van der Waals surface area contributed by atoms with Crippen LogP contribution in [0.5, 0.6) is 0 Å². The summed E-state index contributed by atoms with van der Waals surface area (Å²) in [6, 6.07) is 9.13. The highest BCUT2D eigenvalue weighted by Gasteiger charge is 2.23. The molecule has 2 unspecified atom stereocenters. The van der Waals surface area contributed by atoms with Crippen LogP contribution in [0.25, 0.3) is 0 Å². The lowest BCUT2D eigenvalue weighted by Crippen LogP contribution is -2.53. The van der Waals surface area contributed by atoms with Crippen LogP contribution in [0.2, 0.25) is 0 Å². The van der Waals surface area contributed by atoms with E-state index in [4.69, 9.17) is 0 Å². The Morgan fingerprint density at radius 1 is 1.33 bits per heavy atom. The van der Waals surface area contributed by atoms with E-state index in [0.29, 0.717) is 12.1 Å². The molecular formula is C18H29N5O. The molecule has 0 aromatic heterocycles. The Kier molecular flexibility index (Phi) is 5.71. The second kappa shape index (κ2) is 7.96. The molecule has 24 heavy (non-hydrogen) atoms. The number of benzene rings is 1. The molecule has 6 heteroatoms. The molecule has 0 radical (unpaired) electrons. The maximum atomic E-state index is 11.7. The van der Waals surface area contributed by atoms with Crippen LogP contribution in [0.15, 0.2) is 24.3 Å². The second-order valence-corrected chi connectivity index (χ2v) is 7.04. The van der Waals surface area contributed by atoms with Crippen molar-refractivity contribution in [3.63, 3.8) is 0 Å². The van der Waals surface area contributed by atoms with Crippen LogP contribution >= 0.6 is 0 Å². The molecule has 0 bridgehead atoms. The van der Waals surface area contributed by atoms with Gasteiger partial charge < -0.3 is 26.2 Å². The third kappa shape index (κ3) is 5.19. The van der Waals surface area contributed by atoms with Crippen molar-refractivity contribution in [2.45, 2.75) is 37.9 Å². The van der Waals surface area contributed by atoms with E-state index in [9.17, 15) is 4.79 Å². The Morgan fingerprint density at radius 2 is 2.08 bits per heavy atom. The summed E-state index contributed by atoms with van der Waals surface area (Å²) in [5.74, 6) is 0. The number of rotatable bonds is 6. The van der Waals surface area contributed by atoms with Crippen LogP contribution in [0, 0.1) is 0 Å². The number of carbonyl (C=O) groups excluding carboxylic acids is 1. The normalized spacial score (nSPS) is 22.8. The third-order valence-corrected chi connectivity index (χ3v) is 4.71. The van der Waals surface area contributed by atoms with Crippen LogP contribution in [0.1, 0.15) is 31.4 Å². The number of nitrogens with one attached hydrogen (secondary N) is 4. The average Bonchev–Trinajstić information content (AvgIpc) is 3.37. The summed E-state index contributed by atoms with van der Waals surface area (Å²) in [5.41, 5.74) is 2.06. The summed E-state index contributed by atoms with van der Waals surface area (Å²) in [6.45, 7) is 6.39. The topological polar surface area (TPSA) is 68.4 Å². The minimum absolute atomic E-state index is 0.107. The summed E-state index contributed by atoms with van der Waals surface area (Å²) >= 11 is 0. The van der Waals surface area contributed by atoms with Crippen molar-refractivity contribution >= 4 is 11.7 Å². The van der Waals surface area contributed by atoms with Crippen molar-refractivity contribution in [1.29, 1.82) is 0 Å².